The number of nitriles is 1. The van der Waals surface area contributed by atoms with Crippen LogP contribution in [0.1, 0.15) is 30.3 Å². The van der Waals surface area contributed by atoms with E-state index >= 15 is 0 Å². The number of ether oxygens (including phenoxy) is 3. The predicted octanol–water partition coefficient (Wildman–Crippen LogP) is 2.95. The first-order valence-corrected chi connectivity index (χ1v) is 12.0. The summed E-state index contributed by atoms with van der Waals surface area (Å²) in [5.41, 5.74) is 7.92. The Labute approximate surface area is 200 Å². The van der Waals surface area contributed by atoms with Gasteiger partial charge in [-0.2, -0.15) is 5.26 Å². The van der Waals surface area contributed by atoms with E-state index in [1.807, 2.05) is 13.0 Å². The lowest BCUT2D eigenvalue weighted by Crippen LogP contribution is -2.47. The molecule has 0 saturated carbocycles. The maximum absolute atomic E-state index is 9.50. The normalized spacial score (nSPS) is 22.1. The van der Waals surface area contributed by atoms with Crippen LogP contribution in [0.4, 0.5) is 0 Å². The fourth-order valence-electron chi connectivity index (χ4n) is 2.96. The van der Waals surface area contributed by atoms with Gasteiger partial charge in [0.25, 0.3) is 0 Å². The fourth-order valence-corrected chi connectivity index (χ4v) is 5.00. The summed E-state index contributed by atoms with van der Waals surface area (Å²) in [5, 5.41) is 12.6. The second-order valence-corrected chi connectivity index (χ2v) is 9.47. The zero-order valence-electron chi connectivity index (χ0n) is 17.7. The van der Waals surface area contributed by atoms with Crippen LogP contribution in [0.5, 0.6) is 0 Å². The molecule has 1 saturated heterocycles. The van der Waals surface area contributed by atoms with Crippen molar-refractivity contribution in [3.8, 4) is 6.07 Å². The van der Waals surface area contributed by atoms with Gasteiger partial charge in [0, 0.05) is 42.8 Å². The van der Waals surface area contributed by atoms with Gasteiger partial charge in [-0.05, 0) is 18.1 Å². The van der Waals surface area contributed by atoms with Gasteiger partial charge in [-0.15, -0.1) is 11.3 Å². The summed E-state index contributed by atoms with van der Waals surface area (Å²) < 4.78 is 18.1. The number of methoxy groups -OCH3 is 1. The van der Waals surface area contributed by atoms with Crippen LogP contribution in [0.25, 0.3) is 5.70 Å². The molecule has 3 atom stereocenters. The highest BCUT2D eigenvalue weighted by Crippen LogP contribution is 2.33. The number of aromatic nitrogens is 2. The second-order valence-electron chi connectivity index (χ2n) is 6.89. The summed E-state index contributed by atoms with van der Waals surface area (Å²) in [6, 6.07) is 4.11. The molecule has 1 fully saturated rings. The number of pyridine rings is 1. The van der Waals surface area contributed by atoms with Crippen LogP contribution in [0.3, 0.4) is 0 Å². The lowest BCUT2D eigenvalue weighted by Gasteiger charge is -2.35. The van der Waals surface area contributed by atoms with E-state index in [4.69, 9.17) is 37.4 Å². The highest BCUT2D eigenvalue weighted by molar-refractivity contribution is 7.99. The van der Waals surface area contributed by atoms with Gasteiger partial charge >= 0.3 is 0 Å². The third-order valence-corrected chi connectivity index (χ3v) is 6.95. The second kappa shape index (κ2) is 11.8. The molecule has 0 bridgehead atoms. The molecule has 2 aromatic heterocycles. The Morgan fingerprint density at radius 3 is 3.03 bits per heavy atom. The molecule has 4 N–H and O–H groups in total. The molecule has 0 aromatic carbocycles. The third kappa shape index (κ3) is 6.32. The van der Waals surface area contributed by atoms with Gasteiger partial charge in [0.2, 0.25) is 0 Å². The molecule has 0 amide bonds. The van der Waals surface area contributed by atoms with E-state index in [1.165, 1.54) is 34.3 Å². The van der Waals surface area contributed by atoms with Gasteiger partial charge < -0.3 is 19.9 Å². The van der Waals surface area contributed by atoms with E-state index in [2.05, 4.69) is 16.0 Å². The summed E-state index contributed by atoms with van der Waals surface area (Å²) in [5.74, 6) is 6.26. The van der Waals surface area contributed by atoms with Crippen molar-refractivity contribution in [2.45, 2.75) is 42.4 Å². The number of hydrogen-bond donors (Lipinski definition) is 2. The van der Waals surface area contributed by atoms with Crippen molar-refractivity contribution >= 4 is 40.4 Å². The number of hydrogen-bond acceptors (Lipinski definition) is 11. The molecule has 0 spiro atoms. The SMILES string of the molecule is CCc1cnc(C#N)c(SC2OC(N(N)/C=C(\N)c3csc(Cl)n3)COCC[C@@H]2OC)c1. The molecule has 12 heteroatoms. The molecule has 1 aliphatic heterocycles. The average Bonchev–Trinajstić information content (AvgIpc) is 3.22. The molecule has 2 aromatic rings. The van der Waals surface area contributed by atoms with Crippen LogP contribution in [-0.2, 0) is 20.6 Å². The summed E-state index contributed by atoms with van der Waals surface area (Å²) in [7, 11) is 1.62. The Bertz CT molecular complexity index is 982. The maximum atomic E-state index is 9.50. The third-order valence-electron chi connectivity index (χ3n) is 4.76. The predicted molar refractivity (Wildman–Crippen MR) is 124 cm³/mol. The van der Waals surface area contributed by atoms with Crippen molar-refractivity contribution in [3.05, 3.63) is 45.3 Å². The molecule has 0 radical (unpaired) electrons. The molecular formula is C20H25ClN6O3S2. The number of halogens is 1. The van der Waals surface area contributed by atoms with Crippen LogP contribution < -0.4 is 11.6 Å². The standard InChI is InChI=1S/C20H25ClN6O3S2/c1-3-12-6-17(14(7-22)25-8-12)32-19-16(28-2)4-5-29-10-18(30-19)27(24)9-13(23)15-11-31-20(21)26-15/h6,8-9,11,16,18-19H,3-5,10,23-24H2,1-2H3/b13-9-/t16-,18?,19?/m0/s1. The average molecular weight is 497 g/mol. The van der Waals surface area contributed by atoms with E-state index in [9.17, 15) is 5.26 Å². The van der Waals surface area contributed by atoms with E-state index in [0.717, 1.165) is 16.9 Å². The molecule has 172 valence electrons. The van der Waals surface area contributed by atoms with Crippen LogP contribution >= 0.6 is 34.7 Å². The largest absolute Gasteiger partial charge is 0.396 e. The highest BCUT2D eigenvalue weighted by atomic mass is 35.5. The van der Waals surface area contributed by atoms with Crippen molar-refractivity contribution in [1.29, 1.82) is 5.26 Å². The van der Waals surface area contributed by atoms with E-state index in [1.54, 1.807) is 18.7 Å². The Hall–Kier alpha value is -1.91. The number of nitrogens with zero attached hydrogens (tertiary/aromatic N) is 4. The Morgan fingerprint density at radius 1 is 1.56 bits per heavy atom. The molecule has 3 rings (SSSR count). The molecular weight excluding hydrogens is 472 g/mol. The summed E-state index contributed by atoms with van der Waals surface area (Å²) in [4.78, 5) is 9.15. The summed E-state index contributed by atoms with van der Waals surface area (Å²) in [6.45, 7) is 2.74. The summed E-state index contributed by atoms with van der Waals surface area (Å²) >= 11 is 8.56. The van der Waals surface area contributed by atoms with Crippen LogP contribution in [0, 0.1) is 11.3 Å². The van der Waals surface area contributed by atoms with Crippen molar-refractivity contribution in [2.75, 3.05) is 20.3 Å². The molecule has 0 aliphatic carbocycles. The highest BCUT2D eigenvalue weighted by Gasteiger charge is 2.31. The first kappa shape index (κ1) is 24.7. The lowest BCUT2D eigenvalue weighted by molar-refractivity contribution is -0.147. The van der Waals surface area contributed by atoms with E-state index in [0.29, 0.717) is 34.6 Å². The zero-order valence-corrected chi connectivity index (χ0v) is 20.1. The molecule has 1 aliphatic rings. The Morgan fingerprint density at radius 2 is 2.38 bits per heavy atom. The van der Waals surface area contributed by atoms with E-state index < -0.39 is 11.7 Å². The fraction of sp³-hybridized carbons (Fsp3) is 0.450. The van der Waals surface area contributed by atoms with Crippen molar-refractivity contribution in [2.24, 2.45) is 11.6 Å². The van der Waals surface area contributed by atoms with Crippen molar-refractivity contribution in [3.63, 3.8) is 0 Å². The summed E-state index contributed by atoms with van der Waals surface area (Å²) in [6.07, 6.45) is 3.75. The monoisotopic (exact) mass is 496 g/mol. The first-order valence-electron chi connectivity index (χ1n) is 9.88. The van der Waals surface area contributed by atoms with Gasteiger partial charge in [0.15, 0.2) is 16.4 Å². The number of hydrazine groups is 1. The van der Waals surface area contributed by atoms with Gasteiger partial charge in [-0.1, -0.05) is 30.3 Å². The van der Waals surface area contributed by atoms with Crippen LogP contribution in [0.15, 0.2) is 28.7 Å². The number of rotatable bonds is 7. The van der Waals surface area contributed by atoms with Crippen LogP contribution in [-0.4, -0.2) is 53.1 Å². The molecule has 3 heterocycles. The van der Waals surface area contributed by atoms with Gasteiger partial charge in [0.05, 0.1) is 18.4 Å². The smallest absolute Gasteiger partial charge is 0.184 e. The first-order chi connectivity index (χ1) is 15.4. The lowest BCUT2D eigenvalue weighted by atomic mass is 10.2. The minimum atomic E-state index is -0.647. The number of thioether (sulfide) groups is 1. The number of nitrogens with two attached hydrogens (primary N) is 2. The minimum absolute atomic E-state index is 0.226. The minimum Gasteiger partial charge on any atom is -0.396 e. The van der Waals surface area contributed by atoms with Crippen LogP contribution in [0.2, 0.25) is 4.47 Å². The Kier molecular flexibility index (Phi) is 9.12. The maximum Gasteiger partial charge on any atom is 0.184 e. The quantitative estimate of drug-likeness (QED) is 0.435. The Balaban J connectivity index is 1.83. The van der Waals surface area contributed by atoms with Gasteiger partial charge in [0.1, 0.15) is 17.2 Å². The number of aryl methyl sites for hydroxylation is 1. The van der Waals surface area contributed by atoms with Gasteiger partial charge in [-0.25, -0.2) is 15.8 Å². The molecule has 32 heavy (non-hydrogen) atoms. The molecule has 2 unspecified atom stereocenters. The van der Waals surface area contributed by atoms with Crippen molar-refractivity contribution < 1.29 is 14.2 Å². The van der Waals surface area contributed by atoms with E-state index in [-0.39, 0.29) is 12.7 Å². The van der Waals surface area contributed by atoms with Gasteiger partial charge in [-0.3, -0.25) is 5.01 Å². The topological polar surface area (TPSA) is 133 Å². The molecule has 9 nitrogen and oxygen atoms in total. The zero-order chi connectivity index (χ0) is 23.1. The van der Waals surface area contributed by atoms with Crippen molar-refractivity contribution in [1.82, 2.24) is 15.0 Å². The number of thiazole rings is 1.